The molecule has 0 radical (unpaired) electrons. The summed E-state index contributed by atoms with van der Waals surface area (Å²) in [6, 6.07) is 3.24. The molecule has 1 aromatic rings. The van der Waals surface area contributed by atoms with Crippen molar-refractivity contribution in [2.75, 3.05) is 0 Å². The van der Waals surface area contributed by atoms with E-state index in [0.717, 1.165) is 11.1 Å². The summed E-state index contributed by atoms with van der Waals surface area (Å²) in [7, 11) is 0. The van der Waals surface area contributed by atoms with Crippen LogP contribution in [0.2, 0.25) is 0 Å². The van der Waals surface area contributed by atoms with Gasteiger partial charge >= 0.3 is 0 Å². The first kappa shape index (κ1) is 11.4. The van der Waals surface area contributed by atoms with Gasteiger partial charge in [-0.15, -0.1) is 0 Å². The third-order valence-corrected chi connectivity index (χ3v) is 2.29. The lowest BCUT2D eigenvalue weighted by molar-refractivity contribution is -0.385. The number of nitro benzene ring substituents is 1. The quantitative estimate of drug-likeness (QED) is 0.564. The topological polar surface area (TPSA) is 60.2 Å². The molecule has 15 heavy (non-hydrogen) atoms. The molecule has 0 saturated carbocycles. The van der Waals surface area contributed by atoms with Crippen LogP contribution in [-0.4, -0.2) is 10.7 Å². The Balaban J connectivity index is 3.19. The van der Waals surface area contributed by atoms with Gasteiger partial charge in [0.25, 0.3) is 5.69 Å². The average Bonchev–Trinajstić information content (AvgIpc) is 2.09. The van der Waals surface area contributed by atoms with Crippen LogP contribution in [0.3, 0.4) is 0 Å². The highest BCUT2D eigenvalue weighted by atomic mass is 16.6. The summed E-state index contributed by atoms with van der Waals surface area (Å²) in [5, 5.41) is 10.6. The van der Waals surface area contributed by atoms with E-state index in [1.54, 1.807) is 19.9 Å². The predicted octanol–water partition coefficient (Wildman–Crippen LogP) is 2.34. The molecule has 0 unspecified atom stereocenters. The van der Waals surface area contributed by atoms with Gasteiger partial charge in [-0.25, -0.2) is 0 Å². The normalized spacial score (nSPS) is 10.1. The fraction of sp³-hybridized carbons (Fsp3) is 0.364. The van der Waals surface area contributed by atoms with Gasteiger partial charge in [-0.05, 0) is 38.0 Å². The molecule has 4 heteroatoms. The van der Waals surface area contributed by atoms with Gasteiger partial charge in [0, 0.05) is 18.1 Å². The van der Waals surface area contributed by atoms with Gasteiger partial charge in [0.15, 0.2) is 0 Å². The molecule has 0 atom stereocenters. The summed E-state index contributed by atoms with van der Waals surface area (Å²) >= 11 is 0. The number of carbonyl (C=O) groups excluding carboxylic acids is 1. The third-order valence-electron chi connectivity index (χ3n) is 2.29. The zero-order valence-electron chi connectivity index (χ0n) is 9.03. The molecule has 0 aliphatic heterocycles. The molecular weight excluding hydrogens is 194 g/mol. The Bertz CT molecular complexity index is 424. The summed E-state index contributed by atoms with van der Waals surface area (Å²) < 4.78 is 0. The summed E-state index contributed by atoms with van der Waals surface area (Å²) in [5.74, 6) is 0.0614. The molecule has 0 saturated heterocycles. The Morgan fingerprint density at radius 1 is 1.33 bits per heavy atom. The lowest BCUT2D eigenvalue weighted by atomic mass is 10.00. The van der Waals surface area contributed by atoms with Crippen LogP contribution in [0, 0.1) is 24.0 Å². The van der Waals surface area contributed by atoms with Crippen molar-refractivity contribution in [3.8, 4) is 0 Å². The van der Waals surface area contributed by atoms with E-state index in [2.05, 4.69) is 0 Å². The molecule has 0 spiro atoms. The molecule has 1 aromatic carbocycles. The van der Waals surface area contributed by atoms with Crippen LogP contribution in [0.15, 0.2) is 12.1 Å². The molecule has 0 aliphatic carbocycles. The molecule has 0 heterocycles. The van der Waals surface area contributed by atoms with Gasteiger partial charge in [-0.1, -0.05) is 0 Å². The van der Waals surface area contributed by atoms with Gasteiger partial charge in [0.2, 0.25) is 0 Å². The SMILES string of the molecule is CC(=O)Cc1cc(C)c([N+](=O)[O-])cc1C. The van der Waals surface area contributed by atoms with Crippen molar-refractivity contribution >= 4 is 11.5 Å². The maximum atomic E-state index is 11.0. The molecule has 0 aromatic heterocycles. The number of ketones is 1. The molecule has 0 N–H and O–H groups in total. The molecule has 0 fully saturated rings. The van der Waals surface area contributed by atoms with Crippen molar-refractivity contribution in [2.24, 2.45) is 0 Å². The van der Waals surface area contributed by atoms with E-state index in [1.807, 2.05) is 0 Å². The van der Waals surface area contributed by atoms with Gasteiger partial charge in [0.05, 0.1) is 4.92 Å². The van der Waals surface area contributed by atoms with E-state index in [9.17, 15) is 14.9 Å². The summed E-state index contributed by atoms with van der Waals surface area (Å²) in [6.45, 7) is 4.97. The molecule has 1 rings (SSSR count). The Hall–Kier alpha value is -1.71. The van der Waals surface area contributed by atoms with Crippen LogP contribution in [-0.2, 0) is 11.2 Å². The Kier molecular flexibility index (Phi) is 3.19. The van der Waals surface area contributed by atoms with Crippen molar-refractivity contribution in [2.45, 2.75) is 27.2 Å². The third kappa shape index (κ3) is 2.62. The van der Waals surface area contributed by atoms with E-state index >= 15 is 0 Å². The lowest BCUT2D eigenvalue weighted by Gasteiger charge is -2.05. The van der Waals surface area contributed by atoms with Gasteiger partial charge in [-0.2, -0.15) is 0 Å². The Labute approximate surface area is 88.1 Å². The molecule has 0 bridgehead atoms. The first-order valence-corrected chi connectivity index (χ1v) is 4.65. The second kappa shape index (κ2) is 4.21. The van der Waals surface area contributed by atoms with E-state index in [4.69, 9.17) is 0 Å². The van der Waals surface area contributed by atoms with Crippen molar-refractivity contribution in [3.63, 3.8) is 0 Å². The minimum absolute atomic E-state index is 0.0614. The number of hydrogen-bond acceptors (Lipinski definition) is 3. The standard InChI is InChI=1S/C11H13NO3/c1-7-5-11(12(14)15)8(2)4-10(7)6-9(3)13/h4-5H,6H2,1-3H3. The van der Waals surface area contributed by atoms with E-state index in [0.29, 0.717) is 12.0 Å². The number of aryl methyl sites for hydroxylation is 2. The Morgan fingerprint density at radius 3 is 2.40 bits per heavy atom. The Morgan fingerprint density at radius 2 is 1.93 bits per heavy atom. The predicted molar refractivity (Wildman–Crippen MR) is 57.0 cm³/mol. The first-order chi connectivity index (χ1) is 6.91. The highest BCUT2D eigenvalue weighted by molar-refractivity contribution is 5.78. The number of Topliss-reactive ketones (excluding diaryl/α,β-unsaturated/α-hetero) is 1. The molecule has 0 amide bonds. The highest BCUT2D eigenvalue weighted by Gasteiger charge is 2.13. The minimum atomic E-state index is -0.403. The minimum Gasteiger partial charge on any atom is -0.300 e. The maximum absolute atomic E-state index is 11.0. The van der Waals surface area contributed by atoms with Gasteiger partial charge in [0.1, 0.15) is 5.78 Å². The maximum Gasteiger partial charge on any atom is 0.272 e. The number of rotatable bonds is 3. The molecular formula is C11H13NO3. The summed E-state index contributed by atoms with van der Waals surface area (Å²) in [6.07, 6.45) is 0.338. The zero-order chi connectivity index (χ0) is 11.6. The van der Waals surface area contributed by atoms with Crippen LogP contribution in [0.25, 0.3) is 0 Å². The molecule has 0 aliphatic rings. The lowest BCUT2D eigenvalue weighted by Crippen LogP contribution is -2.01. The van der Waals surface area contributed by atoms with Crippen LogP contribution in [0.4, 0.5) is 5.69 Å². The number of hydrogen-bond donors (Lipinski definition) is 0. The van der Waals surface area contributed by atoms with Gasteiger partial charge < -0.3 is 0 Å². The number of carbonyl (C=O) groups is 1. The number of nitro groups is 1. The fourth-order valence-corrected chi connectivity index (χ4v) is 1.52. The second-order valence-corrected chi connectivity index (χ2v) is 3.70. The summed E-state index contributed by atoms with van der Waals surface area (Å²) in [4.78, 5) is 21.2. The van der Waals surface area contributed by atoms with Crippen molar-refractivity contribution < 1.29 is 9.72 Å². The van der Waals surface area contributed by atoms with Crippen LogP contribution < -0.4 is 0 Å². The highest BCUT2D eigenvalue weighted by Crippen LogP contribution is 2.22. The summed E-state index contributed by atoms with van der Waals surface area (Å²) in [5.41, 5.74) is 2.37. The van der Waals surface area contributed by atoms with Crippen LogP contribution >= 0.6 is 0 Å². The smallest absolute Gasteiger partial charge is 0.272 e. The number of benzene rings is 1. The number of nitrogens with zero attached hydrogens (tertiary/aromatic N) is 1. The van der Waals surface area contributed by atoms with Crippen LogP contribution in [0.1, 0.15) is 23.6 Å². The average molecular weight is 207 g/mol. The molecule has 4 nitrogen and oxygen atoms in total. The van der Waals surface area contributed by atoms with E-state index in [1.165, 1.54) is 13.0 Å². The van der Waals surface area contributed by atoms with Crippen molar-refractivity contribution in [1.29, 1.82) is 0 Å². The van der Waals surface area contributed by atoms with Crippen molar-refractivity contribution in [1.82, 2.24) is 0 Å². The largest absolute Gasteiger partial charge is 0.300 e. The monoisotopic (exact) mass is 207 g/mol. The van der Waals surface area contributed by atoms with E-state index in [-0.39, 0.29) is 11.5 Å². The van der Waals surface area contributed by atoms with E-state index < -0.39 is 4.92 Å². The fourth-order valence-electron chi connectivity index (χ4n) is 1.52. The first-order valence-electron chi connectivity index (χ1n) is 4.65. The van der Waals surface area contributed by atoms with Gasteiger partial charge in [-0.3, -0.25) is 14.9 Å². The van der Waals surface area contributed by atoms with Crippen LogP contribution in [0.5, 0.6) is 0 Å². The van der Waals surface area contributed by atoms with Crippen molar-refractivity contribution in [3.05, 3.63) is 38.9 Å². The zero-order valence-corrected chi connectivity index (χ0v) is 9.03. The molecule has 80 valence electrons. The second-order valence-electron chi connectivity index (χ2n) is 3.70.